The van der Waals surface area contributed by atoms with Gasteiger partial charge in [-0.1, -0.05) is 61.6 Å². The molecule has 0 bridgehead atoms. The molecule has 0 spiro atoms. The Hall–Kier alpha value is -3.83. The molecule has 0 unspecified atom stereocenters. The van der Waals surface area contributed by atoms with Gasteiger partial charge in [0.05, 0.1) is 0 Å². The van der Waals surface area contributed by atoms with E-state index in [0.717, 1.165) is 40.8 Å². The minimum absolute atomic E-state index is 0.143. The monoisotopic (exact) mass is 484 g/mol. The summed E-state index contributed by atoms with van der Waals surface area (Å²) in [5.74, 6) is 0.658. The lowest BCUT2D eigenvalue weighted by Gasteiger charge is -2.14. The standard InChI is InChI=1S/C31H36N2O3/c1-3-5-14-24-20-26(22-29(34)27(24)10-4-2)28-21-25(15-16-30(28)36-19-17-32)31(35)33-18-9-13-23-11-7-6-8-12-23/h3,5-8,10-12,14-16,20-22,34H,4,9,13,17-19,32H2,1-2H3,(H,33,35)/b5-3-,24-14-,27-10-. The van der Waals surface area contributed by atoms with E-state index in [0.29, 0.717) is 31.0 Å². The first-order valence-corrected chi connectivity index (χ1v) is 12.5. The van der Waals surface area contributed by atoms with Gasteiger partial charge in [-0.3, -0.25) is 4.79 Å². The zero-order valence-corrected chi connectivity index (χ0v) is 21.2. The van der Waals surface area contributed by atoms with Gasteiger partial charge in [-0.05, 0) is 72.9 Å². The maximum absolute atomic E-state index is 12.9. The smallest absolute Gasteiger partial charge is 0.251 e. The van der Waals surface area contributed by atoms with Crippen molar-refractivity contribution in [3.05, 3.63) is 94.4 Å². The van der Waals surface area contributed by atoms with Crippen LogP contribution in [-0.2, 0) is 6.42 Å². The van der Waals surface area contributed by atoms with E-state index in [-0.39, 0.29) is 11.7 Å². The third-order valence-corrected chi connectivity index (χ3v) is 5.77. The molecule has 0 radical (unpaired) electrons. The maximum atomic E-state index is 12.9. The third-order valence-electron chi connectivity index (χ3n) is 5.77. The Morgan fingerprint density at radius 1 is 1.11 bits per heavy atom. The van der Waals surface area contributed by atoms with Crippen molar-refractivity contribution in [1.82, 2.24) is 5.32 Å². The number of phenolic OH excluding ortho intramolecular Hbond substituents is 1. The molecule has 188 valence electrons. The average molecular weight is 485 g/mol. The summed E-state index contributed by atoms with van der Waals surface area (Å²) in [7, 11) is 0. The van der Waals surface area contributed by atoms with Crippen LogP contribution in [0.1, 0.15) is 42.6 Å². The number of phenols is 1. The lowest BCUT2D eigenvalue weighted by Crippen LogP contribution is -2.25. The molecule has 0 aliphatic carbocycles. The number of allylic oxidation sites excluding steroid dienone is 2. The number of carbonyl (C=O) groups is 1. The van der Waals surface area contributed by atoms with Crippen molar-refractivity contribution >= 4 is 18.1 Å². The molecule has 3 aromatic carbocycles. The third kappa shape index (κ3) is 7.33. The topological polar surface area (TPSA) is 84.6 Å². The Morgan fingerprint density at radius 2 is 1.92 bits per heavy atom. The van der Waals surface area contributed by atoms with Crippen LogP contribution in [-0.4, -0.2) is 30.7 Å². The van der Waals surface area contributed by atoms with Crippen LogP contribution in [0.5, 0.6) is 11.5 Å². The average Bonchev–Trinajstić information content (AvgIpc) is 2.90. The summed E-state index contributed by atoms with van der Waals surface area (Å²) in [6.45, 7) is 5.29. The highest BCUT2D eigenvalue weighted by Gasteiger charge is 2.14. The van der Waals surface area contributed by atoms with Crippen molar-refractivity contribution in [3.63, 3.8) is 0 Å². The zero-order chi connectivity index (χ0) is 25.8. The minimum atomic E-state index is -0.143. The first kappa shape index (κ1) is 26.8. The van der Waals surface area contributed by atoms with Crippen molar-refractivity contribution in [2.45, 2.75) is 33.1 Å². The molecule has 0 saturated carbocycles. The van der Waals surface area contributed by atoms with Gasteiger partial charge in [0.15, 0.2) is 0 Å². The molecule has 0 aromatic heterocycles. The van der Waals surface area contributed by atoms with Crippen molar-refractivity contribution in [2.75, 3.05) is 19.7 Å². The molecule has 36 heavy (non-hydrogen) atoms. The number of aryl methyl sites for hydroxylation is 1. The van der Waals surface area contributed by atoms with Gasteiger partial charge in [-0.15, -0.1) is 0 Å². The Balaban J connectivity index is 1.91. The predicted molar refractivity (Wildman–Crippen MR) is 148 cm³/mol. The van der Waals surface area contributed by atoms with E-state index < -0.39 is 0 Å². The molecule has 0 fully saturated rings. The van der Waals surface area contributed by atoms with Crippen LogP contribution >= 0.6 is 0 Å². The molecule has 3 aromatic rings. The summed E-state index contributed by atoms with van der Waals surface area (Å²) in [6, 6.07) is 19.3. The highest BCUT2D eigenvalue weighted by Crippen LogP contribution is 2.31. The van der Waals surface area contributed by atoms with E-state index in [1.54, 1.807) is 18.2 Å². The van der Waals surface area contributed by atoms with Gasteiger partial charge < -0.3 is 20.9 Å². The van der Waals surface area contributed by atoms with Crippen molar-refractivity contribution in [1.29, 1.82) is 0 Å². The van der Waals surface area contributed by atoms with Gasteiger partial charge in [-0.2, -0.15) is 0 Å². The van der Waals surface area contributed by atoms with E-state index in [1.165, 1.54) is 5.56 Å². The second-order valence-electron chi connectivity index (χ2n) is 8.50. The van der Waals surface area contributed by atoms with E-state index in [2.05, 4.69) is 17.4 Å². The molecule has 0 aliphatic heterocycles. The number of benzene rings is 3. The molecular formula is C31H36N2O3. The molecule has 3 rings (SSSR count). The van der Waals surface area contributed by atoms with Crippen LogP contribution < -0.4 is 26.2 Å². The quantitative estimate of drug-likeness (QED) is 0.354. The van der Waals surface area contributed by atoms with Gasteiger partial charge in [0, 0.05) is 29.4 Å². The molecule has 5 heteroatoms. The zero-order valence-electron chi connectivity index (χ0n) is 21.2. The number of hydrogen-bond donors (Lipinski definition) is 3. The van der Waals surface area contributed by atoms with Gasteiger partial charge in [0.1, 0.15) is 18.1 Å². The molecular weight excluding hydrogens is 448 g/mol. The normalized spacial score (nSPS) is 12.3. The van der Waals surface area contributed by atoms with Crippen molar-refractivity contribution in [3.8, 4) is 22.6 Å². The lowest BCUT2D eigenvalue weighted by atomic mass is 9.99. The van der Waals surface area contributed by atoms with Crippen molar-refractivity contribution < 1.29 is 14.6 Å². The summed E-state index contributed by atoms with van der Waals surface area (Å²) >= 11 is 0. The summed E-state index contributed by atoms with van der Waals surface area (Å²) in [6.07, 6.45) is 10.4. The van der Waals surface area contributed by atoms with E-state index in [1.807, 2.05) is 68.5 Å². The number of ether oxygens (including phenoxy) is 1. The Bertz CT molecular complexity index is 1300. The minimum Gasteiger partial charge on any atom is -0.507 e. The van der Waals surface area contributed by atoms with Gasteiger partial charge in [-0.25, -0.2) is 0 Å². The molecule has 0 heterocycles. The lowest BCUT2D eigenvalue weighted by molar-refractivity contribution is 0.0953. The molecule has 5 nitrogen and oxygen atoms in total. The fourth-order valence-corrected chi connectivity index (χ4v) is 4.01. The largest absolute Gasteiger partial charge is 0.507 e. The van der Waals surface area contributed by atoms with Gasteiger partial charge in [0.2, 0.25) is 0 Å². The Morgan fingerprint density at radius 3 is 2.64 bits per heavy atom. The highest BCUT2D eigenvalue weighted by atomic mass is 16.5. The van der Waals surface area contributed by atoms with Crippen LogP contribution in [0.4, 0.5) is 0 Å². The van der Waals surface area contributed by atoms with Gasteiger partial charge in [0.25, 0.3) is 5.91 Å². The molecule has 4 N–H and O–H groups in total. The number of hydrogen-bond acceptors (Lipinski definition) is 4. The number of nitrogens with one attached hydrogen (secondary N) is 1. The SMILES string of the molecule is C\C=C/C=c1/cc(-c2cc(C(=O)NCCCc3ccccc3)ccc2OCCN)cc(O)/c1=C\CC. The van der Waals surface area contributed by atoms with Crippen LogP contribution in [0.3, 0.4) is 0 Å². The summed E-state index contributed by atoms with van der Waals surface area (Å²) in [5.41, 5.74) is 8.95. The van der Waals surface area contributed by atoms with Crippen molar-refractivity contribution in [2.24, 2.45) is 5.73 Å². The molecule has 0 saturated heterocycles. The fourth-order valence-electron chi connectivity index (χ4n) is 4.01. The number of amides is 1. The second-order valence-corrected chi connectivity index (χ2v) is 8.50. The van der Waals surface area contributed by atoms with Gasteiger partial charge >= 0.3 is 0 Å². The van der Waals surface area contributed by atoms with Crippen LogP contribution in [0, 0.1) is 0 Å². The number of rotatable bonds is 11. The first-order valence-electron chi connectivity index (χ1n) is 12.5. The van der Waals surface area contributed by atoms with E-state index >= 15 is 0 Å². The highest BCUT2D eigenvalue weighted by molar-refractivity contribution is 5.96. The number of carbonyl (C=O) groups excluding carboxylic acids is 1. The molecule has 0 aliphatic rings. The predicted octanol–water partition coefficient (Wildman–Crippen LogP) is 4.31. The maximum Gasteiger partial charge on any atom is 0.251 e. The summed E-state index contributed by atoms with van der Waals surface area (Å²) < 4.78 is 5.89. The Labute approximate surface area is 213 Å². The van der Waals surface area contributed by atoms with Crippen LogP contribution in [0.25, 0.3) is 23.3 Å². The summed E-state index contributed by atoms with van der Waals surface area (Å²) in [5, 5.41) is 15.5. The second kappa shape index (κ2) is 13.9. The Kier molecular flexibility index (Phi) is 10.3. The van der Waals surface area contributed by atoms with E-state index in [9.17, 15) is 9.90 Å². The fraction of sp³-hybridized carbons (Fsp3) is 0.258. The number of nitrogens with two attached hydrogens (primary N) is 1. The summed E-state index contributed by atoms with van der Waals surface area (Å²) in [4.78, 5) is 12.9. The van der Waals surface area contributed by atoms with E-state index in [4.69, 9.17) is 10.5 Å². The molecule has 0 atom stereocenters. The van der Waals surface area contributed by atoms with Crippen LogP contribution in [0.2, 0.25) is 0 Å². The number of aromatic hydroxyl groups is 1. The molecule has 1 amide bonds. The first-order chi connectivity index (χ1) is 17.6. The van der Waals surface area contributed by atoms with Crippen LogP contribution in [0.15, 0.2) is 72.8 Å².